The summed E-state index contributed by atoms with van der Waals surface area (Å²) in [6.07, 6.45) is 3.55. The lowest BCUT2D eigenvalue weighted by molar-refractivity contribution is -0.639. The number of aromatic nitrogens is 11. The summed E-state index contributed by atoms with van der Waals surface area (Å²) < 4.78 is 44.4. The number of carbonyl (C=O) groups is 4. The minimum Gasteiger partial charge on any atom is -0.408 e. The zero-order valence-corrected chi connectivity index (χ0v) is 44.0. The zero-order valence-electron chi connectivity index (χ0n) is 44.0. The Morgan fingerprint density at radius 2 is 1.05 bits per heavy atom. The zero-order chi connectivity index (χ0) is 55.7. The van der Waals surface area contributed by atoms with Gasteiger partial charge in [0.1, 0.15) is 34.9 Å². The number of H-pyrrole nitrogens is 1. The number of fused-ring (bicyclic) bond motifs is 4. The van der Waals surface area contributed by atoms with Crippen molar-refractivity contribution in [3.63, 3.8) is 0 Å². The first kappa shape index (κ1) is 46.8. The lowest BCUT2D eigenvalue weighted by Crippen LogP contribution is -3.15. The van der Waals surface area contributed by atoms with Crippen LogP contribution in [-0.2, 0) is 32.6 Å². The molecule has 0 bridgehead atoms. The van der Waals surface area contributed by atoms with Crippen LogP contribution < -0.4 is 32.8 Å². The molecular weight excluding hydrogens is 1060 g/mol. The second-order valence-corrected chi connectivity index (χ2v) is 24.8. The first-order valence-corrected chi connectivity index (χ1v) is 27.5. The number of benzene rings is 2. The number of carbonyl (C=O) groups excluding carboxylic acids is 4. The summed E-state index contributed by atoms with van der Waals surface area (Å²) >= 11 is 0. The maximum Gasteiger partial charge on any atom is 0.419 e. The van der Waals surface area contributed by atoms with Crippen molar-refractivity contribution in [1.82, 2.24) is 79.7 Å². The average Bonchev–Trinajstić information content (AvgIpc) is 0.571. The smallest absolute Gasteiger partial charge is 0.408 e. The van der Waals surface area contributed by atoms with Gasteiger partial charge in [-0.1, -0.05) is 12.1 Å². The predicted octanol–water partition coefficient (Wildman–Crippen LogP) is 1.81. The van der Waals surface area contributed by atoms with E-state index in [4.69, 9.17) is 8.83 Å². The van der Waals surface area contributed by atoms with Gasteiger partial charge in [0.05, 0.1) is 23.4 Å². The van der Waals surface area contributed by atoms with Gasteiger partial charge < -0.3 is 35.0 Å². The van der Waals surface area contributed by atoms with E-state index < -0.39 is 46.8 Å². The fourth-order valence-corrected chi connectivity index (χ4v) is 20.1. The molecule has 12 saturated carbocycles. The summed E-state index contributed by atoms with van der Waals surface area (Å²) in [5, 5.41) is 26.9. The van der Waals surface area contributed by atoms with Crippen molar-refractivity contribution < 1.29 is 36.8 Å². The molecule has 7 heterocycles. The van der Waals surface area contributed by atoms with Crippen molar-refractivity contribution in [3.05, 3.63) is 140 Å². The molecule has 26 heteroatoms. The van der Waals surface area contributed by atoms with Crippen LogP contribution in [0.4, 0.5) is 8.78 Å². The van der Waals surface area contributed by atoms with Crippen LogP contribution in [-0.4, -0.2) is 115 Å². The van der Waals surface area contributed by atoms with Gasteiger partial charge in [-0.05, 0) is 131 Å². The van der Waals surface area contributed by atoms with Crippen molar-refractivity contribution in [3.8, 4) is 0 Å². The molecule has 4 amide bonds. The molecule has 24 nitrogen and oxygen atoms in total. The van der Waals surface area contributed by atoms with Gasteiger partial charge in [-0.3, -0.25) is 33.4 Å². The molecule has 0 spiro atoms. The highest BCUT2D eigenvalue weighted by Gasteiger charge is 3.11. The Morgan fingerprint density at radius 1 is 0.610 bits per heavy atom. The molecule has 5 N–H and O–H groups in total. The molecule has 21 rings (SSSR count). The maximum absolute atomic E-state index is 14.6. The van der Waals surface area contributed by atoms with E-state index in [9.17, 15) is 37.5 Å². The van der Waals surface area contributed by atoms with Crippen LogP contribution in [0.5, 0.6) is 0 Å². The third-order valence-electron chi connectivity index (χ3n) is 22.7. The number of aromatic amines is 1. The number of halogens is 2. The molecule has 414 valence electrons. The van der Waals surface area contributed by atoms with Crippen LogP contribution in [0, 0.1) is 93.5 Å². The molecule has 12 aliphatic rings. The van der Waals surface area contributed by atoms with Crippen molar-refractivity contribution >= 4 is 57.1 Å². The van der Waals surface area contributed by atoms with Crippen LogP contribution in [0.2, 0.25) is 0 Å². The number of rotatable bonds is 14. The summed E-state index contributed by atoms with van der Waals surface area (Å²) in [6, 6.07) is 13.0. The molecule has 82 heavy (non-hydrogen) atoms. The fourth-order valence-electron chi connectivity index (χ4n) is 20.1. The van der Waals surface area contributed by atoms with Crippen LogP contribution in [0.25, 0.3) is 33.5 Å². The van der Waals surface area contributed by atoms with Gasteiger partial charge in [0.15, 0.2) is 34.1 Å². The van der Waals surface area contributed by atoms with E-state index in [1.165, 1.54) is 21.3 Å². The Hall–Kier alpha value is -8.94. The molecule has 7 aromatic heterocycles. The largest absolute Gasteiger partial charge is 0.419 e. The molecule has 12 aliphatic carbocycles. The van der Waals surface area contributed by atoms with E-state index in [1.54, 1.807) is 56.8 Å². The number of oxazole rings is 2. The first-order chi connectivity index (χ1) is 39.6. The second kappa shape index (κ2) is 14.8. The summed E-state index contributed by atoms with van der Waals surface area (Å²) in [5.41, 5.74) is 4.10. The summed E-state index contributed by atoms with van der Waals surface area (Å²) in [6.45, 7) is 1.41. The van der Waals surface area contributed by atoms with Gasteiger partial charge in [-0.25, -0.2) is 42.4 Å². The SMILES string of the molecule is CN(C)C12C3C4C1C1C2C3C41CNC(=O)c1cc(C(=O)NCc2ccc3oc(=O)n(C)c3c2)nc2c(F)cnn12.Cn1c(=O)oc2ccc(CNC(=O)c3cc(C(=O)NCC45C6C7C4C4C5C6C74c4ncn[nH]4)n4ncc(F)c4n3)cc21. The molecule has 0 radical (unpaired) electrons. The third-order valence-corrected chi connectivity index (χ3v) is 22.7. The molecule has 0 unspecified atom stereocenters. The highest BCUT2D eigenvalue weighted by atomic mass is 19.1. The van der Waals surface area contributed by atoms with E-state index in [0.717, 1.165) is 56.1 Å². The fraction of sp³-hybridized carbons (Fsp3) is 0.429. The molecular formula is C56H48F2N16O8. The Balaban J connectivity index is 0.000000126. The number of nitrogens with one attached hydrogen (secondary N) is 5. The monoisotopic (exact) mass is 1110 g/mol. The lowest BCUT2D eigenvalue weighted by atomic mass is 8.92. The van der Waals surface area contributed by atoms with Crippen molar-refractivity contribution in [1.29, 1.82) is 0 Å². The van der Waals surface area contributed by atoms with Crippen LogP contribution >= 0.6 is 0 Å². The quantitative estimate of drug-likeness (QED) is 0.104. The Morgan fingerprint density at radius 3 is 1.46 bits per heavy atom. The van der Waals surface area contributed by atoms with Gasteiger partial charge >= 0.3 is 11.5 Å². The van der Waals surface area contributed by atoms with E-state index in [0.29, 0.717) is 94.1 Å². The Kier molecular flexibility index (Phi) is 8.41. The van der Waals surface area contributed by atoms with Crippen LogP contribution in [0.15, 0.2) is 85.7 Å². The number of aryl methyl sites for hydroxylation is 2. The molecule has 0 atom stereocenters. The average molecular weight is 1110 g/mol. The van der Waals surface area contributed by atoms with E-state index in [1.807, 2.05) is 0 Å². The molecule has 0 aliphatic heterocycles. The van der Waals surface area contributed by atoms with E-state index in [-0.39, 0.29) is 63.4 Å². The van der Waals surface area contributed by atoms with Gasteiger partial charge in [0.2, 0.25) is 0 Å². The normalized spacial score (nSPS) is 34.3. The second-order valence-electron chi connectivity index (χ2n) is 24.8. The number of nitrogens with zero attached hydrogens (tertiary/aromatic N) is 11. The van der Waals surface area contributed by atoms with Crippen molar-refractivity contribution in [2.75, 3.05) is 27.2 Å². The van der Waals surface area contributed by atoms with Gasteiger partial charge in [0.25, 0.3) is 23.6 Å². The number of amides is 4. The van der Waals surface area contributed by atoms with Gasteiger partial charge in [0, 0.05) is 63.4 Å². The summed E-state index contributed by atoms with van der Waals surface area (Å²) in [7, 11) is 7.59. The molecule has 2 aromatic carbocycles. The third kappa shape index (κ3) is 4.85. The standard InChI is InChI=1S/C28H22FN9O4.C28H26FN7O4/c1-37-13-4-10(2-3-15(13)42-26(37)41)6-30-23(39)12-5-14(38-22(35-12)11(29)7-34-38)24(40)31-8-27-16-19-17(27)21-18(27)20(16)28(19,21)25-32-9-33-36-25;1-34(2)28-20-17-21(28)19-22(28)18(20)27(17,19)10-31-25(38)15-7-13(33-23-12(29)9-32-36(15)23)24(37)30-8-11-4-5-16-14(6-11)35(3)26(39)40-16/h2-5,7,9,16-21H,6,8H2,1H3,(H,30,39)(H,31,40)(H,32,33,36);4-7,9,17-22H,8,10H2,1-3H3,(H,30,37)(H,31,38). The predicted molar refractivity (Wildman–Crippen MR) is 277 cm³/mol. The first-order valence-electron chi connectivity index (χ1n) is 27.5. The highest BCUT2D eigenvalue weighted by Crippen LogP contribution is 3.10. The molecule has 12 fully saturated rings. The Bertz CT molecular complexity index is 4480. The van der Waals surface area contributed by atoms with Crippen LogP contribution in [0.1, 0.15) is 58.9 Å². The minimum atomic E-state index is -0.732. The maximum atomic E-state index is 14.6. The molecule has 9 aromatic rings. The molecule has 0 saturated heterocycles. The van der Waals surface area contributed by atoms with Crippen LogP contribution in [0.3, 0.4) is 0 Å². The summed E-state index contributed by atoms with van der Waals surface area (Å²) in [4.78, 5) is 91.7. The topological polar surface area (TPSA) is 292 Å². The minimum absolute atomic E-state index is 0.0407. The highest BCUT2D eigenvalue weighted by molar-refractivity contribution is 5.99. The van der Waals surface area contributed by atoms with E-state index in [2.05, 4.69) is 75.6 Å². The van der Waals surface area contributed by atoms with Gasteiger partial charge in [-0.15, -0.1) is 0 Å². The van der Waals surface area contributed by atoms with E-state index >= 15 is 0 Å². The lowest BCUT2D eigenvalue weighted by Gasteiger charge is -3.12. The van der Waals surface area contributed by atoms with Crippen molar-refractivity contribution in [2.45, 2.75) is 24.0 Å². The number of hydrogen-bond acceptors (Lipinski definition) is 15. The Labute approximate surface area is 459 Å². The number of hydrogen-bond donors (Lipinski definition) is 5. The van der Waals surface area contributed by atoms with Crippen molar-refractivity contribution in [2.24, 2.45) is 95.9 Å². The summed E-state index contributed by atoms with van der Waals surface area (Å²) in [5.74, 6) is 4.83. The van der Waals surface area contributed by atoms with Gasteiger partial charge in [-0.2, -0.15) is 15.3 Å².